The second-order valence-corrected chi connectivity index (χ2v) is 3.18. The van der Waals surface area contributed by atoms with E-state index < -0.39 is 5.97 Å². The maximum Gasteiger partial charge on any atom is 0.308 e. The van der Waals surface area contributed by atoms with Gasteiger partial charge >= 0.3 is 5.97 Å². The van der Waals surface area contributed by atoms with Gasteiger partial charge in [0.05, 0.1) is 5.03 Å². The fourth-order valence-electron chi connectivity index (χ4n) is 1.03. The van der Waals surface area contributed by atoms with Crippen molar-refractivity contribution < 1.29 is 14.3 Å². The van der Waals surface area contributed by atoms with Gasteiger partial charge in [0, 0.05) is 6.92 Å². The monoisotopic (exact) mass is 224 g/mol. The van der Waals surface area contributed by atoms with E-state index in [1.54, 1.807) is 24.3 Å². The molecule has 1 aromatic carbocycles. The van der Waals surface area contributed by atoms with Crippen molar-refractivity contribution in [1.29, 1.82) is 0 Å². The van der Waals surface area contributed by atoms with Crippen molar-refractivity contribution in [1.82, 2.24) is 0 Å². The predicted octanol–water partition coefficient (Wildman–Crippen LogP) is 2.39. The molecular formula is C11H9ClO3. The molecule has 1 aromatic rings. The van der Waals surface area contributed by atoms with E-state index in [1.807, 2.05) is 0 Å². The quantitative estimate of drug-likeness (QED) is 0.343. The zero-order valence-electron chi connectivity index (χ0n) is 8.07. The van der Waals surface area contributed by atoms with Gasteiger partial charge in [0.25, 0.3) is 0 Å². The average molecular weight is 225 g/mol. The van der Waals surface area contributed by atoms with Gasteiger partial charge in [-0.2, -0.15) is 0 Å². The molecular weight excluding hydrogens is 216 g/mol. The van der Waals surface area contributed by atoms with Gasteiger partial charge in [-0.05, 0) is 23.8 Å². The van der Waals surface area contributed by atoms with Crippen LogP contribution < -0.4 is 4.74 Å². The molecule has 0 aliphatic rings. The number of rotatable bonds is 3. The Morgan fingerprint density at radius 3 is 2.80 bits per heavy atom. The topological polar surface area (TPSA) is 43.4 Å². The molecule has 0 aromatic heterocycles. The van der Waals surface area contributed by atoms with E-state index in [-0.39, 0.29) is 0 Å². The van der Waals surface area contributed by atoms with Gasteiger partial charge in [0.2, 0.25) is 0 Å². The minimum atomic E-state index is -0.400. The largest absolute Gasteiger partial charge is 0.427 e. The molecule has 3 nitrogen and oxygen atoms in total. The van der Waals surface area contributed by atoms with Crippen molar-refractivity contribution in [3.05, 3.63) is 35.9 Å². The Morgan fingerprint density at radius 2 is 2.20 bits per heavy atom. The predicted molar refractivity (Wildman–Crippen MR) is 57.6 cm³/mol. The number of hydrogen-bond donors (Lipinski definition) is 0. The third-order valence-electron chi connectivity index (χ3n) is 1.59. The van der Waals surface area contributed by atoms with Crippen molar-refractivity contribution >= 4 is 28.9 Å². The van der Waals surface area contributed by atoms with Gasteiger partial charge in [-0.25, -0.2) is 0 Å². The van der Waals surface area contributed by atoms with Crippen LogP contribution in [0.5, 0.6) is 5.75 Å². The van der Waals surface area contributed by atoms with Crippen molar-refractivity contribution in [3.8, 4) is 5.75 Å². The number of carbonyl (C=O) groups is 2. The first kappa shape index (κ1) is 11.5. The minimum Gasteiger partial charge on any atom is -0.427 e. The molecule has 0 fully saturated rings. The average Bonchev–Trinajstić information content (AvgIpc) is 2.17. The van der Waals surface area contributed by atoms with Crippen LogP contribution in [0.2, 0.25) is 0 Å². The summed E-state index contributed by atoms with van der Waals surface area (Å²) in [5.74, 6) is 0.0000818. The normalized spacial score (nSPS) is 10.9. The van der Waals surface area contributed by atoms with Crippen molar-refractivity contribution in [3.63, 3.8) is 0 Å². The smallest absolute Gasteiger partial charge is 0.308 e. The molecule has 0 atom stereocenters. The molecule has 0 N–H and O–H groups in total. The number of benzene rings is 1. The third kappa shape index (κ3) is 3.56. The summed E-state index contributed by atoms with van der Waals surface area (Å²) in [6.45, 7) is 1.32. The molecule has 78 valence electrons. The summed E-state index contributed by atoms with van der Waals surface area (Å²) in [5.41, 5.74) is 0.627. The van der Waals surface area contributed by atoms with Crippen LogP contribution in [0.3, 0.4) is 0 Å². The highest BCUT2D eigenvalue weighted by Crippen LogP contribution is 2.22. The Kier molecular flexibility index (Phi) is 4.06. The Hall–Kier alpha value is -1.61. The number of ether oxygens (including phenoxy) is 1. The Balaban J connectivity index is 2.96. The molecule has 1 rings (SSSR count). The van der Waals surface area contributed by atoms with E-state index in [2.05, 4.69) is 0 Å². The standard InChI is InChI=1S/C11H9ClO3/c1-8(14)15-10-4-2-3-9(7-10)11(12)5-6-13/h2-7H,1H3/b11-5+. The SMILES string of the molecule is CC(=O)Oc1cccc(/C(Cl)=C\C=O)c1. The van der Waals surface area contributed by atoms with Crippen LogP contribution in [0.4, 0.5) is 0 Å². The first-order chi connectivity index (χ1) is 7.13. The molecule has 0 bridgehead atoms. The van der Waals surface area contributed by atoms with E-state index in [0.717, 1.165) is 0 Å². The summed E-state index contributed by atoms with van der Waals surface area (Å²) in [4.78, 5) is 20.9. The minimum absolute atomic E-state index is 0.305. The number of allylic oxidation sites excluding steroid dienone is 1. The fraction of sp³-hybridized carbons (Fsp3) is 0.0909. The van der Waals surface area contributed by atoms with Crippen LogP contribution in [-0.4, -0.2) is 12.3 Å². The zero-order chi connectivity index (χ0) is 11.3. The lowest BCUT2D eigenvalue weighted by Gasteiger charge is -2.03. The van der Waals surface area contributed by atoms with Gasteiger partial charge in [-0.1, -0.05) is 23.7 Å². The summed E-state index contributed by atoms with van der Waals surface area (Å²) in [6.07, 6.45) is 1.83. The first-order valence-electron chi connectivity index (χ1n) is 4.23. The van der Waals surface area contributed by atoms with Gasteiger partial charge in [-0.15, -0.1) is 0 Å². The summed E-state index contributed by atoms with van der Waals surface area (Å²) < 4.78 is 4.87. The molecule has 0 aliphatic heterocycles. The van der Waals surface area contributed by atoms with Crippen LogP contribution >= 0.6 is 11.6 Å². The molecule has 4 heteroatoms. The summed E-state index contributed by atoms with van der Waals surface area (Å²) >= 11 is 5.80. The van der Waals surface area contributed by atoms with Crippen LogP contribution in [0, 0.1) is 0 Å². The van der Waals surface area contributed by atoms with Crippen LogP contribution in [0.15, 0.2) is 30.3 Å². The zero-order valence-corrected chi connectivity index (χ0v) is 8.82. The van der Waals surface area contributed by atoms with Crippen molar-refractivity contribution in [2.45, 2.75) is 6.92 Å². The number of aldehydes is 1. The molecule has 0 unspecified atom stereocenters. The number of hydrogen-bond acceptors (Lipinski definition) is 3. The van der Waals surface area contributed by atoms with Crippen LogP contribution in [0.25, 0.3) is 5.03 Å². The maximum absolute atomic E-state index is 10.7. The Labute approximate surface area is 92.3 Å². The maximum atomic E-state index is 10.7. The number of esters is 1. The highest BCUT2D eigenvalue weighted by Gasteiger charge is 2.02. The molecule has 0 radical (unpaired) electrons. The van der Waals surface area contributed by atoms with E-state index >= 15 is 0 Å². The van der Waals surface area contributed by atoms with Crippen molar-refractivity contribution in [2.75, 3.05) is 0 Å². The van der Waals surface area contributed by atoms with Gasteiger partial charge in [0.15, 0.2) is 0 Å². The lowest BCUT2D eigenvalue weighted by Crippen LogP contribution is -2.01. The first-order valence-corrected chi connectivity index (χ1v) is 4.61. The lowest BCUT2D eigenvalue weighted by molar-refractivity contribution is -0.131. The molecule has 0 saturated heterocycles. The van der Waals surface area contributed by atoms with Gasteiger partial charge in [-0.3, -0.25) is 9.59 Å². The molecule has 0 heterocycles. The van der Waals surface area contributed by atoms with E-state index in [4.69, 9.17) is 16.3 Å². The molecule has 0 spiro atoms. The van der Waals surface area contributed by atoms with E-state index in [0.29, 0.717) is 22.6 Å². The summed E-state index contributed by atoms with van der Waals surface area (Å²) in [5, 5.41) is 0.305. The van der Waals surface area contributed by atoms with E-state index in [1.165, 1.54) is 13.0 Å². The second kappa shape index (κ2) is 5.32. The number of carbonyl (C=O) groups excluding carboxylic acids is 2. The van der Waals surface area contributed by atoms with Gasteiger partial charge < -0.3 is 4.74 Å². The highest BCUT2D eigenvalue weighted by molar-refractivity contribution is 6.49. The highest BCUT2D eigenvalue weighted by atomic mass is 35.5. The number of halogens is 1. The Morgan fingerprint density at radius 1 is 1.47 bits per heavy atom. The van der Waals surface area contributed by atoms with Gasteiger partial charge in [0.1, 0.15) is 12.0 Å². The molecule has 0 amide bonds. The fourth-order valence-corrected chi connectivity index (χ4v) is 1.20. The van der Waals surface area contributed by atoms with E-state index in [9.17, 15) is 9.59 Å². The molecule has 0 saturated carbocycles. The summed E-state index contributed by atoms with van der Waals surface area (Å²) in [6, 6.07) is 6.63. The third-order valence-corrected chi connectivity index (χ3v) is 1.93. The van der Waals surface area contributed by atoms with Crippen molar-refractivity contribution in [2.24, 2.45) is 0 Å². The molecule has 15 heavy (non-hydrogen) atoms. The van der Waals surface area contributed by atoms with Crippen LogP contribution in [0.1, 0.15) is 12.5 Å². The Bertz CT molecular complexity index is 410. The molecule has 0 aliphatic carbocycles. The summed E-state index contributed by atoms with van der Waals surface area (Å²) in [7, 11) is 0. The van der Waals surface area contributed by atoms with Crippen LogP contribution in [-0.2, 0) is 9.59 Å². The second-order valence-electron chi connectivity index (χ2n) is 2.77. The lowest BCUT2D eigenvalue weighted by atomic mass is 10.2.